The third-order valence-electron chi connectivity index (χ3n) is 3.50. The van der Waals surface area contributed by atoms with Crippen LogP contribution in [-0.4, -0.2) is 49.6 Å². The van der Waals surface area contributed by atoms with E-state index in [1.165, 1.54) is 11.5 Å². The van der Waals surface area contributed by atoms with Gasteiger partial charge in [0.1, 0.15) is 11.0 Å². The second-order valence-corrected chi connectivity index (χ2v) is 5.88. The molecule has 1 amide bonds. The van der Waals surface area contributed by atoms with Crippen LogP contribution in [0, 0.1) is 0 Å². The van der Waals surface area contributed by atoms with Crippen LogP contribution in [0.2, 0.25) is 0 Å². The number of rotatable bonds is 5. The molecule has 7 nitrogen and oxygen atoms in total. The lowest BCUT2D eigenvalue weighted by Gasteiger charge is -2.16. The number of nitrogens with zero attached hydrogens (tertiary/aromatic N) is 5. The highest BCUT2D eigenvalue weighted by molar-refractivity contribution is 7.08. The van der Waals surface area contributed by atoms with Crippen molar-refractivity contribution < 1.29 is 9.53 Å². The van der Waals surface area contributed by atoms with Gasteiger partial charge in [-0.3, -0.25) is 9.78 Å². The molecule has 1 atom stereocenters. The van der Waals surface area contributed by atoms with Crippen LogP contribution in [0.15, 0.2) is 18.6 Å². The van der Waals surface area contributed by atoms with Crippen LogP contribution in [0.3, 0.4) is 0 Å². The van der Waals surface area contributed by atoms with E-state index in [9.17, 15) is 4.79 Å². The number of ether oxygens (including phenoxy) is 1. The summed E-state index contributed by atoms with van der Waals surface area (Å²) in [4.78, 5) is 23.1. The summed E-state index contributed by atoms with van der Waals surface area (Å²) in [6.07, 6.45) is 7.25. The monoisotopic (exact) mass is 319 g/mol. The molecule has 1 aliphatic heterocycles. The maximum Gasteiger partial charge on any atom is 0.267 e. The van der Waals surface area contributed by atoms with Crippen molar-refractivity contribution in [2.45, 2.75) is 32.3 Å². The molecular weight excluding hydrogens is 302 g/mol. The number of carbonyl (C=O) groups excluding carboxylic acids is 1. The van der Waals surface area contributed by atoms with E-state index < -0.39 is 0 Å². The minimum Gasteiger partial charge on any atom is -0.471 e. The van der Waals surface area contributed by atoms with Gasteiger partial charge in [0.2, 0.25) is 5.88 Å². The van der Waals surface area contributed by atoms with Crippen LogP contribution >= 0.6 is 11.5 Å². The molecule has 0 bridgehead atoms. The van der Waals surface area contributed by atoms with E-state index in [2.05, 4.69) is 26.5 Å². The maximum absolute atomic E-state index is 12.6. The SMILES string of the molecule is CCCc1nnsc1C(=O)N1CC[C@H](Oc2cnccn2)C1. The molecule has 2 aromatic rings. The molecule has 3 heterocycles. The summed E-state index contributed by atoms with van der Waals surface area (Å²) in [5.41, 5.74) is 0.802. The lowest BCUT2D eigenvalue weighted by Crippen LogP contribution is -2.31. The topological polar surface area (TPSA) is 81.1 Å². The van der Waals surface area contributed by atoms with Crippen LogP contribution < -0.4 is 4.74 Å². The number of amides is 1. The molecule has 8 heteroatoms. The average molecular weight is 319 g/mol. The first-order chi connectivity index (χ1) is 10.8. The van der Waals surface area contributed by atoms with Gasteiger partial charge in [-0.25, -0.2) is 4.98 Å². The van der Waals surface area contributed by atoms with Gasteiger partial charge >= 0.3 is 0 Å². The molecule has 0 aromatic carbocycles. The quantitative estimate of drug-likeness (QED) is 0.832. The lowest BCUT2D eigenvalue weighted by atomic mass is 10.2. The predicted molar refractivity (Wildman–Crippen MR) is 80.9 cm³/mol. The summed E-state index contributed by atoms with van der Waals surface area (Å²) in [5.74, 6) is 0.497. The van der Waals surface area contributed by atoms with Crippen molar-refractivity contribution >= 4 is 17.4 Å². The summed E-state index contributed by atoms with van der Waals surface area (Å²) in [6, 6.07) is 0. The molecule has 116 valence electrons. The van der Waals surface area contributed by atoms with E-state index in [4.69, 9.17) is 4.74 Å². The van der Waals surface area contributed by atoms with Crippen molar-refractivity contribution in [3.63, 3.8) is 0 Å². The minimum atomic E-state index is -0.0452. The predicted octanol–water partition coefficient (Wildman–Crippen LogP) is 1.57. The van der Waals surface area contributed by atoms with Crippen molar-refractivity contribution in [3.8, 4) is 5.88 Å². The summed E-state index contributed by atoms with van der Waals surface area (Å²) < 4.78 is 9.67. The molecule has 1 fully saturated rings. The van der Waals surface area contributed by atoms with Gasteiger partial charge in [0.05, 0.1) is 18.4 Å². The number of likely N-dealkylation sites (tertiary alicyclic amines) is 1. The van der Waals surface area contributed by atoms with Gasteiger partial charge in [0, 0.05) is 25.4 Å². The molecule has 0 spiro atoms. The number of aromatic nitrogens is 4. The second kappa shape index (κ2) is 6.78. The first kappa shape index (κ1) is 14.8. The summed E-state index contributed by atoms with van der Waals surface area (Å²) in [7, 11) is 0. The number of hydrogen-bond donors (Lipinski definition) is 0. The van der Waals surface area contributed by atoms with Gasteiger partial charge in [0.25, 0.3) is 5.91 Å². The molecular formula is C14H17N5O2S. The molecule has 0 N–H and O–H groups in total. The Kier molecular flexibility index (Phi) is 4.57. The number of carbonyl (C=O) groups is 1. The highest BCUT2D eigenvalue weighted by atomic mass is 32.1. The number of aryl methyl sites for hydroxylation is 1. The maximum atomic E-state index is 12.6. The van der Waals surface area contributed by atoms with E-state index in [0.29, 0.717) is 23.8 Å². The van der Waals surface area contributed by atoms with Crippen molar-refractivity contribution in [1.29, 1.82) is 0 Å². The average Bonchev–Trinajstić information content (AvgIpc) is 3.18. The zero-order valence-electron chi connectivity index (χ0n) is 12.3. The van der Waals surface area contributed by atoms with Gasteiger partial charge in [0.15, 0.2) is 0 Å². The molecule has 0 aliphatic carbocycles. The minimum absolute atomic E-state index is 0.00342. The standard InChI is InChI=1S/C14H17N5O2S/c1-2-3-11-13(22-18-17-11)14(20)19-7-4-10(9-19)21-12-8-15-5-6-16-12/h5-6,8,10H,2-4,7,9H2,1H3/t10-/m0/s1. The fourth-order valence-electron chi connectivity index (χ4n) is 2.44. The van der Waals surface area contributed by atoms with Gasteiger partial charge in [-0.05, 0) is 18.0 Å². The van der Waals surface area contributed by atoms with Crippen molar-refractivity contribution in [2.24, 2.45) is 0 Å². The molecule has 2 aromatic heterocycles. The fraction of sp³-hybridized carbons (Fsp3) is 0.500. The molecule has 0 radical (unpaired) electrons. The highest BCUT2D eigenvalue weighted by Crippen LogP contribution is 2.21. The van der Waals surface area contributed by atoms with Crippen LogP contribution in [0.1, 0.15) is 35.1 Å². The molecule has 0 unspecified atom stereocenters. The Hall–Kier alpha value is -2.09. The molecule has 1 saturated heterocycles. The van der Waals surface area contributed by atoms with Crippen molar-refractivity contribution in [3.05, 3.63) is 29.2 Å². The Morgan fingerprint density at radius 1 is 1.50 bits per heavy atom. The number of hydrogen-bond acceptors (Lipinski definition) is 7. The molecule has 1 aliphatic rings. The van der Waals surface area contributed by atoms with Gasteiger partial charge < -0.3 is 9.64 Å². The lowest BCUT2D eigenvalue weighted by molar-refractivity contribution is 0.0774. The second-order valence-electron chi connectivity index (χ2n) is 5.12. The Morgan fingerprint density at radius 3 is 3.18 bits per heavy atom. The molecule has 0 saturated carbocycles. The van der Waals surface area contributed by atoms with Crippen molar-refractivity contribution in [2.75, 3.05) is 13.1 Å². The third kappa shape index (κ3) is 3.22. The zero-order valence-corrected chi connectivity index (χ0v) is 13.1. The fourth-order valence-corrected chi connectivity index (χ4v) is 3.12. The Balaban J connectivity index is 1.62. The Bertz CT molecular complexity index is 633. The molecule has 22 heavy (non-hydrogen) atoms. The summed E-state index contributed by atoms with van der Waals surface area (Å²) in [6.45, 7) is 3.29. The Morgan fingerprint density at radius 2 is 2.41 bits per heavy atom. The van der Waals surface area contributed by atoms with Gasteiger partial charge in [-0.15, -0.1) is 5.10 Å². The van der Waals surface area contributed by atoms with Crippen molar-refractivity contribution in [1.82, 2.24) is 24.5 Å². The van der Waals surface area contributed by atoms with E-state index >= 15 is 0 Å². The van der Waals surface area contributed by atoms with Gasteiger partial charge in [-0.2, -0.15) is 0 Å². The summed E-state index contributed by atoms with van der Waals surface area (Å²) in [5, 5.41) is 4.06. The van der Waals surface area contributed by atoms with Crippen LogP contribution in [-0.2, 0) is 6.42 Å². The van der Waals surface area contributed by atoms with E-state index in [0.717, 1.165) is 25.0 Å². The normalized spacial score (nSPS) is 17.7. The van der Waals surface area contributed by atoms with Crippen LogP contribution in [0.5, 0.6) is 5.88 Å². The van der Waals surface area contributed by atoms with E-state index in [1.807, 2.05) is 0 Å². The highest BCUT2D eigenvalue weighted by Gasteiger charge is 2.30. The smallest absolute Gasteiger partial charge is 0.267 e. The largest absolute Gasteiger partial charge is 0.471 e. The summed E-state index contributed by atoms with van der Waals surface area (Å²) >= 11 is 1.17. The zero-order chi connectivity index (χ0) is 15.4. The van der Waals surface area contributed by atoms with E-state index in [-0.39, 0.29) is 12.0 Å². The Labute approximate surface area is 132 Å². The first-order valence-corrected chi connectivity index (χ1v) is 8.08. The molecule has 3 rings (SSSR count). The third-order valence-corrected chi connectivity index (χ3v) is 4.25. The first-order valence-electron chi connectivity index (χ1n) is 7.31. The van der Waals surface area contributed by atoms with E-state index in [1.54, 1.807) is 23.5 Å². The van der Waals surface area contributed by atoms with Crippen LogP contribution in [0.4, 0.5) is 0 Å². The van der Waals surface area contributed by atoms with Gasteiger partial charge in [-0.1, -0.05) is 17.8 Å². The van der Waals surface area contributed by atoms with Crippen LogP contribution in [0.25, 0.3) is 0 Å².